The molecule has 0 aromatic carbocycles. The van der Waals surface area contributed by atoms with Gasteiger partial charge in [0, 0.05) is 6.61 Å². The van der Waals surface area contributed by atoms with Gasteiger partial charge in [-0.1, -0.05) is 0 Å². The lowest BCUT2D eigenvalue weighted by Gasteiger charge is -2.18. The fraction of sp³-hybridized carbons (Fsp3) is 0.800. The first-order valence-electron chi connectivity index (χ1n) is 5.62. The summed E-state index contributed by atoms with van der Waals surface area (Å²) >= 11 is 0. The number of hydrogen-bond donors (Lipinski definition) is 3. The molecule has 7 nitrogen and oxygen atoms in total. The van der Waals surface area contributed by atoms with Crippen LogP contribution >= 0.6 is 0 Å². The van der Waals surface area contributed by atoms with Gasteiger partial charge in [-0.25, -0.2) is 4.79 Å². The molecule has 0 aromatic heterocycles. The van der Waals surface area contributed by atoms with E-state index in [1.54, 1.807) is 0 Å². The molecule has 0 aromatic rings. The average molecular weight is 244 g/mol. The molecule has 3 atom stereocenters. The number of aliphatic carboxylic acids is 1. The molecule has 2 heterocycles. The SMILES string of the molecule is O=C(NC1CCOC1)NC1COCC1C(=O)O. The minimum Gasteiger partial charge on any atom is -0.481 e. The van der Waals surface area contributed by atoms with Crippen molar-refractivity contribution in [3.05, 3.63) is 0 Å². The molecule has 0 saturated carbocycles. The van der Waals surface area contributed by atoms with Gasteiger partial charge in [-0.3, -0.25) is 4.79 Å². The number of carbonyl (C=O) groups is 2. The fourth-order valence-electron chi connectivity index (χ4n) is 1.98. The average Bonchev–Trinajstić information content (AvgIpc) is 2.88. The van der Waals surface area contributed by atoms with Crippen molar-refractivity contribution in [3.8, 4) is 0 Å². The van der Waals surface area contributed by atoms with Crippen molar-refractivity contribution in [1.82, 2.24) is 10.6 Å². The highest BCUT2D eigenvalue weighted by Crippen LogP contribution is 2.13. The van der Waals surface area contributed by atoms with Gasteiger partial charge < -0.3 is 25.2 Å². The Kier molecular flexibility index (Phi) is 3.80. The van der Waals surface area contributed by atoms with Crippen LogP contribution in [-0.4, -0.2) is 55.6 Å². The number of rotatable bonds is 3. The van der Waals surface area contributed by atoms with Crippen LogP contribution < -0.4 is 10.6 Å². The predicted molar refractivity (Wildman–Crippen MR) is 56.6 cm³/mol. The van der Waals surface area contributed by atoms with Crippen molar-refractivity contribution >= 4 is 12.0 Å². The maximum Gasteiger partial charge on any atom is 0.315 e. The number of carboxylic acids is 1. The lowest BCUT2D eigenvalue weighted by atomic mass is 10.0. The van der Waals surface area contributed by atoms with Crippen LogP contribution in [0.25, 0.3) is 0 Å². The quantitative estimate of drug-likeness (QED) is 0.602. The first-order valence-corrected chi connectivity index (χ1v) is 5.62. The van der Waals surface area contributed by atoms with Crippen LogP contribution in [0.3, 0.4) is 0 Å². The summed E-state index contributed by atoms with van der Waals surface area (Å²) in [6, 6.07) is -0.808. The Morgan fingerprint density at radius 2 is 1.94 bits per heavy atom. The molecule has 17 heavy (non-hydrogen) atoms. The Balaban J connectivity index is 1.79. The van der Waals surface area contributed by atoms with E-state index in [9.17, 15) is 9.59 Å². The van der Waals surface area contributed by atoms with E-state index in [1.807, 2.05) is 0 Å². The minimum atomic E-state index is -0.947. The van der Waals surface area contributed by atoms with Gasteiger partial charge in [-0.15, -0.1) is 0 Å². The predicted octanol–water partition coefficient (Wildman–Crippen LogP) is -0.826. The number of nitrogens with one attached hydrogen (secondary N) is 2. The van der Waals surface area contributed by atoms with Crippen LogP contribution in [0.2, 0.25) is 0 Å². The van der Waals surface area contributed by atoms with E-state index in [2.05, 4.69) is 10.6 Å². The standard InChI is InChI=1S/C10H16N2O5/c13-9(14)7-4-17-5-8(7)12-10(15)11-6-1-2-16-3-6/h6-8H,1-5H2,(H,13,14)(H2,11,12,15). The fourth-order valence-corrected chi connectivity index (χ4v) is 1.98. The van der Waals surface area contributed by atoms with Crippen LogP contribution in [0.4, 0.5) is 4.79 Å². The molecule has 7 heteroatoms. The zero-order valence-corrected chi connectivity index (χ0v) is 9.35. The summed E-state index contributed by atoms with van der Waals surface area (Å²) < 4.78 is 10.2. The Hall–Kier alpha value is -1.34. The van der Waals surface area contributed by atoms with E-state index in [-0.39, 0.29) is 25.3 Å². The minimum absolute atomic E-state index is 0.0144. The van der Waals surface area contributed by atoms with Crippen molar-refractivity contribution < 1.29 is 24.2 Å². The van der Waals surface area contributed by atoms with Gasteiger partial charge in [-0.05, 0) is 6.42 Å². The number of carbonyl (C=O) groups excluding carboxylic acids is 1. The van der Waals surface area contributed by atoms with Crippen molar-refractivity contribution in [2.45, 2.75) is 18.5 Å². The van der Waals surface area contributed by atoms with Gasteiger partial charge in [0.2, 0.25) is 0 Å². The second-order valence-electron chi connectivity index (χ2n) is 4.27. The van der Waals surface area contributed by atoms with Gasteiger partial charge in [0.05, 0.1) is 31.9 Å². The molecule has 2 amide bonds. The summed E-state index contributed by atoms with van der Waals surface area (Å²) in [4.78, 5) is 22.5. The van der Waals surface area contributed by atoms with Crippen LogP contribution in [0.5, 0.6) is 0 Å². The lowest BCUT2D eigenvalue weighted by Crippen LogP contribution is -2.50. The molecule has 2 fully saturated rings. The number of carboxylic acid groups (broad SMARTS) is 1. The molecule has 2 rings (SSSR count). The largest absolute Gasteiger partial charge is 0.481 e. The molecule has 96 valence electrons. The summed E-state index contributed by atoms with van der Waals surface area (Å²) in [6.45, 7) is 1.55. The Morgan fingerprint density at radius 3 is 2.59 bits per heavy atom. The Morgan fingerprint density at radius 1 is 1.12 bits per heavy atom. The first kappa shape index (κ1) is 12.1. The second kappa shape index (κ2) is 5.33. The van der Waals surface area contributed by atoms with Gasteiger partial charge in [0.25, 0.3) is 0 Å². The van der Waals surface area contributed by atoms with Crippen LogP contribution in [-0.2, 0) is 14.3 Å². The maximum absolute atomic E-state index is 11.6. The summed E-state index contributed by atoms with van der Waals surface area (Å²) in [7, 11) is 0. The first-order chi connectivity index (χ1) is 8.16. The van der Waals surface area contributed by atoms with Gasteiger partial charge in [-0.2, -0.15) is 0 Å². The topological polar surface area (TPSA) is 96.9 Å². The summed E-state index contributed by atoms with van der Waals surface area (Å²) in [5.41, 5.74) is 0. The monoisotopic (exact) mass is 244 g/mol. The molecular weight excluding hydrogens is 228 g/mol. The van der Waals surface area contributed by atoms with Crippen molar-refractivity contribution in [3.63, 3.8) is 0 Å². The molecule has 0 spiro atoms. The van der Waals surface area contributed by atoms with Gasteiger partial charge in [0.15, 0.2) is 0 Å². The molecule has 0 radical (unpaired) electrons. The van der Waals surface area contributed by atoms with E-state index in [1.165, 1.54) is 0 Å². The number of amides is 2. The molecule has 0 bridgehead atoms. The van der Waals surface area contributed by atoms with E-state index in [4.69, 9.17) is 14.6 Å². The summed E-state index contributed by atoms with van der Waals surface area (Å²) in [5.74, 6) is -1.61. The second-order valence-corrected chi connectivity index (χ2v) is 4.27. The molecule has 0 aliphatic carbocycles. The Labute approximate surface area is 98.5 Å². The van der Waals surface area contributed by atoms with Gasteiger partial charge >= 0.3 is 12.0 Å². The lowest BCUT2D eigenvalue weighted by molar-refractivity contribution is -0.142. The van der Waals surface area contributed by atoms with Crippen molar-refractivity contribution in [1.29, 1.82) is 0 Å². The van der Waals surface area contributed by atoms with Crippen LogP contribution in [0.1, 0.15) is 6.42 Å². The van der Waals surface area contributed by atoms with E-state index < -0.39 is 17.9 Å². The molecule has 3 unspecified atom stereocenters. The zero-order chi connectivity index (χ0) is 12.3. The smallest absolute Gasteiger partial charge is 0.315 e. The Bertz CT molecular complexity index is 303. The van der Waals surface area contributed by atoms with E-state index in [0.717, 1.165) is 6.42 Å². The number of hydrogen-bond acceptors (Lipinski definition) is 4. The van der Waals surface area contributed by atoms with Crippen molar-refractivity contribution in [2.24, 2.45) is 5.92 Å². The highest BCUT2D eigenvalue weighted by atomic mass is 16.5. The third kappa shape index (κ3) is 3.07. The molecule has 2 aliphatic heterocycles. The third-order valence-corrected chi connectivity index (χ3v) is 2.98. The van der Waals surface area contributed by atoms with Crippen molar-refractivity contribution in [2.75, 3.05) is 26.4 Å². The number of ether oxygens (including phenoxy) is 2. The van der Waals surface area contributed by atoms with E-state index in [0.29, 0.717) is 13.2 Å². The highest BCUT2D eigenvalue weighted by molar-refractivity contribution is 5.77. The molecule has 3 N–H and O–H groups in total. The maximum atomic E-state index is 11.6. The third-order valence-electron chi connectivity index (χ3n) is 2.98. The van der Waals surface area contributed by atoms with Crippen LogP contribution in [0.15, 0.2) is 0 Å². The molecular formula is C10H16N2O5. The van der Waals surface area contributed by atoms with Crippen LogP contribution in [0, 0.1) is 5.92 Å². The molecule has 2 saturated heterocycles. The van der Waals surface area contributed by atoms with E-state index >= 15 is 0 Å². The van der Waals surface area contributed by atoms with Gasteiger partial charge in [0.1, 0.15) is 5.92 Å². The summed E-state index contributed by atoms with van der Waals surface area (Å²) in [5, 5.41) is 14.3. The number of urea groups is 1. The normalized spacial score (nSPS) is 32.4. The zero-order valence-electron chi connectivity index (χ0n) is 9.35. The highest BCUT2D eigenvalue weighted by Gasteiger charge is 2.35. The molecule has 2 aliphatic rings. The summed E-state index contributed by atoms with van der Waals surface area (Å²) in [6.07, 6.45) is 0.789.